The van der Waals surface area contributed by atoms with Crippen molar-refractivity contribution in [1.29, 1.82) is 0 Å². The lowest BCUT2D eigenvalue weighted by molar-refractivity contribution is -0.134. The van der Waals surface area contributed by atoms with Crippen molar-refractivity contribution in [2.75, 3.05) is 24.3 Å². The van der Waals surface area contributed by atoms with E-state index >= 15 is 0 Å². The molecule has 2 rings (SSSR count). The molecule has 0 radical (unpaired) electrons. The highest BCUT2D eigenvalue weighted by molar-refractivity contribution is 5.91. The van der Waals surface area contributed by atoms with Crippen molar-refractivity contribution in [3.8, 4) is 0 Å². The maximum atomic E-state index is 13.1. The van der Waals surface area contributed by atoms with Gasteiger partial charge in [-0.15, -0.1) is 0 Å². The highest BCUT2D eigenvalue weighted by Gasteiger charge is 2.23. The molecule has 0 fully saturated rings. The van der Waals surface area contributed by atoms with Crippen LogP contribution >= 0.6 is 0 Å². The molecule has 158 valence electrons. The monoisotopic (exact) mass is 399 g/mol. The van der Waals surface area contributed by atoms with E-state index in [9.17, 15) is 9.59 Å². The van der Waals surface area contributed by atoms with Gasteiger partial charge in [-0.25, -0.2) is 0 Å². The fourth-order valence-electron chi connectivity index (χ4n) is 3.07. The number of anilines is 2. The SMILES string of the molecule is CCC(=O)Nc1ccc(N(C)C)c(CN(Cc2ccco2)C(=O)CC(C)(C)C)c1. The molecule has 29 heavy (non-hydrogen) atoms. The van der Waals surface area contributed by atoms with Crippen LogP contribution in [0.3, 0.4) is 0 Å². The molecule has 0 aliphatic rings. The Hall–Kier alpha value is -2.76. The van der Waals surface area contributed by atoms with Gasteiger partial charge in [-0.3, -0.25) is 9.59 Å². The molecule has 0 unspecified atom stereocenters. The highest BCUT2D eigenvalue weighted by Crippen LogP contribution is 2.27. The average molecular weight is 400 g/mol. The highest BCUT2D eigenvalue weighted by atomic mass is 16.3. The first-order valence-corrected chi connectivity index (χ1v) is 9.99. The van der Waals surface area contributed by atoms with Crippen LogP contribution in [0.25, 0.3) is 0 Å². The standard InChI is InChI=1S/C23H33N3O3/c1-7-21(27)24-18-10-11-20(25(5)6)17(13-18)15-26(16-19-9-8-12-29-19)22(28)14-23(2,3)4/h8-13H,7,14-16H2,1-6H3,(H,24,27). The molecule has 6 nitrogen and oxygen atoms in total. The molecule has 1 N–H and O–H groups in total. The van der Waals surface area contributed by atoms with E-state index in [1.54, 1.807) is 6.26 Å². The molecule has 0 aliphatic heterocycles. The second-order valence-electron chi connectivity index (χ2n) is 8.71. The lowest BCUT2D eigenvalue weighted by atomic mass is 9.91. The number of furan rings is 1. The first-order chi connectivity index (χ1) is 13.6. The molecule has 0 bridgehead atoms. The maximum absolute atomic E-state index is 13.1. The summed E-state index contributed by atoms with van der Waals surface area (Å²) < 4.78 is 5.49. The van der Waals surface area contributed by atoms with Crippen molar-refractivity contribution in [3.63, 3.8) is 0 Å². The van der Waals surface area contributed by atoms with E-state index in [0.29, 0.717) is 25.9 Å². The Balaban J connectivity index is 2.34. The number of benzene rings is 1. The summed E-state index contributed by atoms with van der Waals surface area (Å²) in [5.74, 6) is 0.778. The number of nitrogens with zero attached hydrogens (tertiary/aromatic N) is 2. The lowest BCUT2D eigenvalue weighted by Crippen LogP contribution is -2.33. The van der Waals surface area contributed by atoms with Gasteiger partial charge in [0.05, 0.1) is 12.8 Å². The van der Waals surface area contributed by atoms with Crippen LogP contribution < -0.4 is 10.2 Å². The second-order valence-corrected chi connectivity index (χ2v) is 8.71. The number of carbonyl (C=O) groups excluding carboxylic acids is 2. The van der Waals surface area contributed by atoms with Crippen molar-refractivity contribution in [1.82, 2.24) is 4.90 Å². The van der Waals surface area contributed by atoms with Crippen LogP contribution in [0.15, 0.2) is 41.0 Å². The number of hydrogen-bond donors (Lipinski definition) is 1. The predicted molar refractivity (Wildman–Crippen MR) is 117 cm³/mol. The summed E-state index contributed by atoms with van der Waals surface area (Å²) in [7, 11) is 3.94. The van der Waals surface area contributed by atoms with Gasteiger partial charge >= 0.3 is 0 Å². The minimum atomic E-state index is -0.111. The van der Waals surface area contributed by atoms with Crippen LogP contribution in [-0.4, -0.2) is 30.8 Å². The van der Waals surface area contributed by atoms with Crippen LogP contribution in [0.2, 0.25) is 0 Å². The van der Waals surface area contributed by atoms with Crippen LogP contribution in [-0.2, 0) is 22.7 Å². The zero-order valence-corrected chi connectivity index (χ0v) is 18.4. The summed E-state index contributed by atoms with van der Waals surface area (Å²) in [6.07, 6.45) is 2.48. The summed E-state index contributed by atoms with van der Waals surface area (Å²) >= 11 is 0. The molecule has 0 saturated heterocycles. The largest absolute Gasteiger partial charge is 0.467 e. The van der Waals surface area contributed by atoms with Gasteiger partial charge in [0.1, 0.15) is 5.76 Å². The maximum Gasteiger partial charge on any atom is 0.224 e. The van der Waals surface area contributed by atoms with Crippen LogP contribution in [0.1, 0.15) is 51.9 Å². The van der Waals surface area contributed by atoms with E-state index in [4.69, 9.17) is 4.42 Å². The van der Waals surface area contributed by atoms with E-state index in [1.807, 2.05) is 61.2 Å². The zero-order valence-electron chi connectivity index (χ0n) is 18.4. The van der Waals surface area contributed by atoms with E-state index < -0.39 is 0 Å². The van der Waals surface area contributed by atoms with Gasteiger partial charge in [0.15, 0.2) is 0 Å². The molecule has 0 spiro atoms. The minimum Gasteiger partial charge on any atom is -0.467 e. The van der Waals surface area contributed by atoms with Crippen molar-refractivity contribution in [2.24, 2.45) is 5.41 Å². The molecule has 0 aliphatic carbocycles. The van der Waals surface area contributed by atoms with Gasteiger partial charge in [0.25, 0.3) is 0 Å². The van der Waals surface area contributed by atoms with Crippen LogP contribution in [0.4, 0.5) is 11.4 Å². The molecule has 1 heterocycles. The normalized spacial score (nSPS) is 11.2. The molecule has 1 aromatic carbocycles. The van der Waals surface area contributed by atoms with E-state index in [-0.39, 0.29) is 17.2 Å². The molecule has 2 amide bonds. The Labute approximate surface area is 173 Å². The predicted octanol–water partition coefficient (Wildman–Crippen LogP) is 4.66. The second kappa shape index (κ2) is 9.63. The Morgan fingerprint density at radius 3 is 2.38 bits per heavy atom. The lowest BCUT2D eigenvalue weighted by Gasteiger charge is -2.28. The number of amides is 2. The van der Waals surface area contributed by atoms with Gasteiger partial charge in [-0.05, 0) is 41.3 Å². The Morgan fingerprint density at radius 2 is 1.83 bits per heavy atom. The minimum absolute atomic E-state index is 0.0372. The summed E-state index contributed by atoms with van der Waals surface area (Å²) in [4.78, 5) is 28.7. The first-order valence-electron chi connectivity index (χ1n) is 9.99. The van der Waals surface area contributed by atoms with Crippen molar-refractivity contribution < 1.29 is 14.0 Å². The van der Waals surface area contributed by atoms with Gasteiger partial charge < -0.3 is 19.5 Å². The van der Waals surface area contributed by atoms with Gasteiger partial charge in [-0.2, -0.15) is 0 Å². The summed E-state index contributed by atoms with van der Waals surface area (Å²) in [5, 5.41) is 2.90. The smallest absolute Gasteiger partial charge is 0.224 e. The summed E-state index contributed by atoms with van der Waals surface area (Å²) in [6.45, 7) is 8.83. The fourth-order valence-corrected chi connectivity index (χ4v) is 3.07. The third-order valence-electron chi connectivity index (χ3n) is 4.49. The van der Waals surface area contributed by atoms with Gasteiger partial charge in [0, 0.05) is 44.9 Å². The third-order valence-corrected chi connectivity index (χ3v) is 4.49. The Morgan fingerprint density at radius 1 is 1.10 bits per heavy atom. The number of carbonyl (C=O) groups is 2. The van der Waals surface area contributed by atoms with Crippen LogP contribution in [0.5, 0.6) is 0 Å². The Bertz CT molecular complexity index is 820. The third kappa shape index (κ3) is 6.97. The molecule has 0 atom stereocenters. The average Bonchev–Trinajstić information content (AvgIpc) is 3.12. The summed E-state index contributed by atoms with van der Waals surface area (Å²) in [6, 6.07) is 9.51. The quantitative estimate of drug-likeness (QED) is 0.701. The van der Waals surface area contributed by atoms with Gasteiger partial charge in [0.2, 0.25) is 11.8 Å². The van der Waals surface area contributed by atoms with Crippen molar-refractivity contribution in [3.05, 3.63) is 47.9 Å². The van der Waals surface area contributed by atoms with Crippen LogP contribution in [0, 0.1) is 5.41 Å². The molecule has 2 aromatic rings. The van der Waals surface area contributed by atoms with E-state index in [2.05, 4.69) is 26.1 Å². The van der Waals surface area contributed by atoms with E-state index in [1.165, 1.54) is 0 Å². The number of rotatable bonds is 8. The van der Waals surface area contributed by atoms with E-state index in [0.717, 1.165) is 22.7 Å². The first kappa shape index (κ1) is 22.5. The Kier molecular flexibility index (Phi) is 7.48. The zero-order chi connectivity index (χ0) is 21.6. The van der Waals surface area contributed by atoms with Crippen molar-refractivity contribution in [2.45, 2.75) is 53.6 Å². The fraction of sp³-hybridized carbons (Fsp3) is 0.478. The molecule has 1 aromatic heterocycles. The topological polar surface area (TPSA) is 65.8 Å². The van der Waals surface area contributed by atoms with Crippen molar-refractivity contribution >= 4 is 23.2 Å². The number of nitrogens with one attached hydrogen (secondary N) is 1. The molecule has 6 heteroatoms. The molecular formula is C23H33N3O3. The summed E-state index contributed by atoms with van der Waals surface area (Å²) in [5.41, 5.74) is 2.60. The molecular weight excluding hydrogens is 366 g/mol. The van der Waals surface area contributed by atoms with Gasteiger partial charge in [-0.1, -0.05) is 27.7 Å². The molecule has 0 saturated carbocycles. The number of hydrogen-bond acceptors (Lipinski definition) is 4.